The average Bonchev–Trinajstić information content (AvgIpc) is 2.39. The molecule has 0 heterocycles. The molecule has 0 saturated carbocycles. The fourth-order valence-corrected chi connectivity index (χ4v) is 1.55. The van der Waals surface area contributed by atoms with Crippen LogP contribution in [0.15, 0.2) is 24.3 Å². The molecule has 0 unspecified atom stereocenters. The quantitative estimate of drug-likeness (QED) is 0.797. The van der Waals surface area contributed by atoms with Gasteiger partial charge in [-0.1, -0.05) is 0 Å². The summed E-state index contributed by atoms with van der Waals surface area (Å²) in [6.45, 7) is -0.246. The molecule has 0 aliphatic heterocycles. The lowest BCUT2D eigenvalue weighted by Gasteiger charge is -2.19. The Kier molecular flexibility index (Phi) is 5.73. The number of alkyl halides is 2. The Morgan fingerprint density at radius 2 is 2.05 bits per heavy atom. The summed E-state index contributed by atoms with van der Waals surface area (Å²) in [4.78, 5) is 13.6. The van der Waals surface area contributed by atoms with Crippen molar-refractivity contribution in [3.63, 3.8) is 0 Å². The van der Waals surface area contributed by atoms with Crippen LogP contribution in [0.4, 0.5) is 8.78 Å². The number of benzene rings is 1. The smallest absolute Gasteiger partial charge is 0.387 e. The normalized spacial score (nSPS) is 10.1. The molecular formula is C13H14F2N2O2. The Labute approximate surface area is 110 Å². The number of nitrogens with zero attached hydrogens (tertiary/aromatic N) is 2. The van der Waals surface area contributed by atoms with E-state index >= 15 is 0 Å². The molecule has 1 aromatic carbocycles. The van der Waals surface area contributed by atoms with Crippen LogP contribution in [-0.4, -0.2) is 30.5 Å². The van der Waals surface area contributed by atoms with Crippen LogP contribution in [0.25, 0.3) is 0 Å². The van der Waals surface area contributed by atoms with E-state index in [9.17, 15) is 13.6 Å². The Bertz CT molecular complexity index is 455. The van der Waals surface area contributed by atoms with Gasteiger partial charge in [0.2, 0.25) is 0 Å². The standard InChI is InChI=1S/C13H14F2N2O2/c1-2-17(9-3-8-16)12(18)10-4-6-11(7-5-10)19-13(14)15/h4-7,13H,2-3,9H2,1H3. The highest BCUT2D eigenvalue weighted by Crippen LogP contribution is 2.16. The van der Waals surface area contributed by atoms with E-state index in [1.54, 1.807) is 0 Å². The fraction of sp³-hybridized carbons (Fsp3) is 0.385. The number of hydrogen-bond donors (Lipinski definition) is 0. The van der Waals surface area contributed by atoms with Crippen LogP contribution in [-0.2, 0) is 0 Å². The van der Waals surface area contributed by atoms with Gasteiger partial charge in [-0.2, -0.15) is 14.0 Å². The zero-order chi connectivity index (χ0) is 14.3. The topological polar surface area (TPSA) is 53.3 Å². The van der Waals surface area contributed by atoms with Crippen molar-refractivity contribution in [1.29, 1.82) is 5.26 Å². The number of carbonyl (C=O) groups excluding carboxylic acids is 1. The van der Waals surface area contributed by atoms with Crippen molar-refractivity contribution in [1.82, 2.24) is 4.90 Å². The van der Waals surface area contributed by atoms with Crippen LogP contribution in [0.3, 0.4) is 0 Å². The van der Waals surface area contributed by atoms with E-state index in [0.29, 0.717) is 18.7 Å². The number of hydrogen-bond acceptors (Lipinski definition) is 3. The van der Waals surface area contributed by atoms with E-state index in [-0.39, 0.29) is 18.1 Å². The van der Waals surface area contributed by atoms with Gasteiger partial charge in [-0.25, -0.2) is 0 Å². The number of amides is 1. The van der Waals surface area contributed by atoms with E-state index < -0.39 is 6.61 Å². The van der Waals surface area contributed by atoms with Crippen LogP contribution in [0.2, 0.25) is 0 Å². The molecule has 0 N–H and O–H groups in total. The largest absolute Gasteiger partial charge is 0.435 e. The maximum atomic E-state index is 12.0. The van der Waals surface area contributed by atoms with Gasteiger partial charge in [-0.3, -0.25) is 4.79 Å². The molecule has 0 atom stereocenters. The van der Waals surface area contributed by atoms with Crippen LogP contribution >= 0.6 is 0 Å². The van der Waals surface area contributed by atoms with Gasteiger partial charge in [0.1, 0.15) is 5.75 Å². The van der Waals surface area contributed by atoms with E-state index in [1.165, 1.54) is 29.2 Å². The van der Waals surface area contributed by atoms with Crippen molar-refractivity contribution in [3.8, 4) is 11.8 Å². The van der Waals surface area contributed by atoms with Crippen molar-refractivity contribution in [2.24, 2.45) is 0 Å². The molecule has 19 heavy (non-hydrogen) atoms. The molecule has 1 aromatic rings. The summed E-state index contributed by atoms with van der Waals surface area (Å²) in [6.07, 6.45) is 0.256. The molecule has 0 bridgehead atoms. The van der Waals surface area contributed by atoms with Gasteiger partial charge in [0.15, 0.2) is 0 Å². The van der Waals surface area contributed by atoms with Gasteiger partial charge in [0.05, 0.1) is 12.5 Å². The minimum atomic E-state index is -2.88. The molecule has 0 aromatic heterocycles. The number of halogens is 2. The van der Waals surface area contributed by atoms with Gasteiger partial charge in [-0.05, 0) is 31.2 Å². The van der Waals surface area contributed by atoms with Crippen molar-refractivity contribution in [2.75, 3.05) is 13.1 Å². The predicted molar refractivity (Wildman–Crippen MR) is 64.9 cm³/mol. The number of rotatable bonds is 6. The SMILES string of the molecule is CCN(CCC#N)C(=O)c1ccc(OC(F)F)cc1. The first kappa shape index (κ1) is 14.9. The first-order chi connectivity index (χ1) is 9.08. The molecule has 4 nitrogen and oxygen atoms in total. The van der Waals surface area contributed by atoms with Crippen molar-refractivity contribution in [2.45, 2.75) is 20.0 Å². The zero-order valence-corrected chi connectivity index (χ0v) is 10.5. The highest BCUT2D eigenvalue weighted by Gasteiger charge is 2.14. The third-order valence-electron chi connectivity index (χ3n) is 2.49. The molecule has 102 valence electrons. The second kappa shape index (κ2) is 7.31. The van der Waals surface area contributed by atoms with E-state index in [0.717, 1.165) is 0 Å². The lowest BCUT2D eigenvalue weighted by molar-refractivity contribution is -0.0498. The molecular weight excluding hydrogens is 254 g/mol. The van der Waals surface area contributed by atoms with Crippen molar-refractivity contribution in [3.05, 3.63) is 29.8 Å². The third-order valence-corrected chi connectivity index (χ3v) is 2.49. The highest BCUT2D eigenvalue weighted by atomic mass is 19.3. The van der Waals surface area contributed by atoms with Crippen LogP contribution in [0.1, 0.15) is 23.7 Å². The maximum Gasteiger partial charge on any atom is 0.387 e. The zero-order valence-electron chi connectivity index (χ0n) is 10.5. The molecule has 1 amide bonds. The van der Waals surface area contributed by atoms with Gasteiger partial charge in [-0.15, -0.1) is 0 Å². The highest BCUT2D eigenvalue weighted by molar-refractivity contribution is 5.94. The van der Waals surface area contributed by atoms with Gasteiger partial charge >= 0.3 is 6.61 Å². The van der Waals surface area contributed by atoms with Gasteiger partial charge in [0, 0.05) is 18.7 Å². The molecule has 6 heteroatoms. The monoisotopic (exact) mass is 268 g/mol. The van der Waals surface area contributed by atoms with Crippen molar-refractivity contribution >= 4 is 5.91 Å². The summed E-state index contributed by atoms with van der Waals surface area (Å²) in [6, 6.07) is 7.46. The average molecular weight is 268 g/mol. The summed E-state index contributed by atoms with van der Waals surface area (Å²) >= 11 is 0. The Balaban J connectivity index is 2.73. The molecule has 0 saturated heterocycles. The summed E-state index contributed by atoms with van der Waals surface area (Å²) in [5, 5.41) is 8.51. The number of nitriles is 1. The molecule has 1 rings (SSSR count). The minimum Gasteiger partial charge on any atom is -0.435 e. The lowest BCUT2D eigenvalue weighted by atomic mass is 10.2. The van der Waals surface area contributed by atoms with E-state index in [2.05, 4.69) is 4.74 Å². The van der Waals surface area contributed by atoms with E-state index in [1.807, 2.05) is 13.0 Å². The van der Waals surface area contributed by atoms with Crippen LogP contribution < -0.4 is 4.74 Å². The van der Waals surface area contributed by atoms with Gasteiger partial charge in [0.25, 0.3) is 5.91 Å². The lowest BCUT2D eigenvalue weighted by Crippen LogP contribution is -2.31. The second-order valence-corrected chi connectivity index (χ2v) is 3.70. The third kappa shape index (κ3) is 4.54. The molecule has 0 radical (unpaired) electrons. The Hall–Kier alpha value is -2.16. The molecule has 0 aliphatic carbocycles. The summed E-state index contributed by atoms with van der Waals surface area (Å²) in [5.41, 5.74) is 0.376. The molecule has 0 fully saturated rings. The summed E-state index contributed by atoms with van der Waals surface area (Å²) in [7, 11) is 0. The Morgan fingerprint density at radius 1 is 1.42 bits per heavy atom. The predicted octanol–water partition coefficient (Wildman–Crippen LogP) is 2.66. The first-order valence-electron chi connectivity index (χ1n) is 5.79. The second-order valence-electron chi connectivity index (χ2n) is 3.70. The fourth-order valence-electron chi connectivity index (χ4n) is 1.55. The molecule has 0 aliphatic rings. The van der Waals surface area contributed by atoms with Crippen molar-refractivity contribution < 1.29 is 18.3 Å². The van der Waals surface area contributed by atoms with Crippen LogP contribution in [0.5, 0.6) is 5.75 Å². The molecule has 0 spiro atoms. The Morgan fingerprint density at radius 3 is 2.53 bits per heavy atom. The number of ether oxygens (including phenoxy) is 1. The maximum absolute atomic E-state index is 12.0. The summed E-state index contributed by atoms with van der Waals surface area (Å²) < 4.78 is 28.1. The number of carbonyl (C=O) groups is 1. The van der Waals surface area contributed by atoms with E-state index in [4.69, 9.17) is 5.26 Å². The minimum absolute atomic E-state index is 0.00613. The first-order valence-corrected chi connectivity index (χ1v) is 5.79. The van der Waals surface area contributed by atoms with Gasteiger partial charge < -0.3 is 9.64 Å². The summed E-state index contributed by atoms with van der Waals surface area (Å²) in [5.74, 6) is -0.229. The van der Waals surface area contributed by atoms with Crippen LogP contribution in [0, 0.1) is 11.3 Å².